The molecule has 0 heterocycles. The van der Waals surface area contributed by atoms with E-state index in [0.717, 1.165) is 32.3 Å². The van der Waals surface area contributed by atoms with Gasteiger partial charge < -0.3 is 9.47 Å². The van der Waals surface area contributed by atoms with Crippen LogP contribution < -0.4 is 0 Å². The fraction of sp³-hybridized carbons (Fsp3) is 0.611. The summed E-state index contributed by atoms with van der Waals surface area (Å²) < 4.78 is 10.8. The third kappa shape index (κ3) is 8.51. The molecular weight excluding hydrogens is 264 g/mol. The fourth-order valence-corrected chi connectivity index (χ4v) is 1.81. The standard InChI is InChI=1S/C18H28O3/c1-18(2,3)17(19)21-14-10-5-4-9-13-20-15-16-11-7-6-8-12-16/h6-8,11-12H,4-5,9-10,13-15H2,1-3H3. The molecule has 0 fully saturated rings. The van der Waals surface area contributed by atoms with Crippen LogP contribution in [0.4, 0.5) is 0 Å². The predicted octanol–water partition coefficient (Wildman–Crippen LogP) is 4.35. The Balaban J connectivity index is 1.90. The molecule has 21 heavy (non-hydrogen) atoms. The summed E-state index contributed by atoms with van der Waals surface area (Å²) in [6.45, 7) is 7.62. The molecule has 0 spiro atoms. The van der Waals surface area contributed by atoms with Gasteiger partial charge in [-0.2, -0.15) is 0 Å². The SMILES string of the molecule is CC(C)(C)C(=O)OCCCCCCOCc1ccccc1. The van der Waals surface area contributed by atoms with E-state index in [1.54, 1.807) is 0 Å². The molecule has 3 nitrogen and oxygen atoms in total. The lowest BCUT2D eigenvalue weighted by Crippen LogP contribution is -2.23. The van der Waals surface area contributed by atoms with Gasteiger partial charge in [-0.15, -0.1) is 0 Å². The zero-order valence-electron chi connectivity index (χ0n) is 13.6. The van der Waals surface area contributed by atoms with Crippen LogP contribution in [0.2, 0.25) is 0 Å². The highest BCUT2D eigenvalue weighted by molar-refractivity contribution is 5.75. The molecule has 0 atom stereocenters. The number of ether oxygens (including phenoxy) is 2. The molecule has 1 aromatic carbocycles. The normalized spacial score (nSPS) is 11.4. The smallest absolute Gasteiger partial charge is 0.311 e. The van der Waals surface area contributed by atoms with E-state index in [2.05, 4.69) is 12.1 Å². The molecule has 0 bridgehead atoms. The maximum Gasteiger partial charge on any atom is 0.311 e. The van der Waals surface area contributed by atoms with E-state index in [4.69, 9.17) is 9.47 Å². The Bertz CT molecular complexity index is 393. The van der Waals surface area contributed by atoms with Gasteiger partial charge in [-0.1, -0.05) is 36.8 Å². The molecule has 0 aliphatic heterocycles. The first-order valence-corrected chi connectivity index (χ1v) is 7.79. The maximum atomic E-state index is 11.5. The van der Waals surface area contributed by atoms with E-state index in [1.807, 2.05) is 39.0 Å². The van der Waals surface area contributed by atoms with Crippen LogP contribution in [0.3, 0.4) is 0 Å². The average molecular weight is 292 g/mol. The van der Waals surface area contributed by atoms with Crippen molar-refractivity contribution in [1.29, 1.82) is 0 Å². The zero-order valence-corrected chi connectivity index (χ0v) is 13.6. The van der Waals surface area contributed by atoms with Gasteiger partial charge >= 0.3 is 5.97 Å². The van der Waals surface area contributed by atoms with Crippen LogP contribution in [-0.4, -0.2) is 19.2 Å². The molecule has 3 heteroatoms. The molecule has 0 aromatic heterocycles. The Kier molecular flexibility index (Phi) is 8.06. The van der Waals surface area contributed by atoms with E-state index in [-0.39, 0.29) is 5.97 Å². The molecule has 1 rings (SSSR count). The number of rotatable bonds is 9. The van der Waals surface area contributed by atoms with Crippen molar-refractivity contribution in [3.05, 3.63) is 35.9 Å². The highest BCUT2D eigenvalue weighted by Crippen LogP contribution is 2.15. The van der Waals surface area contributed by atoms with Crippen LogP contribution in [0, 0.1) is 5.41 Å². The Morgan fingerprint density at radius 1 is 0.952 bits per heavy atom. The second kappa shape index (κ2) is 9.56. The van der Waals surface area contributed by atoms with Crippen molar-refractivity contribution in [2.45, 2.75) is 53.1 Å². The average Bonchev–Trinajstić information content (AvgIpc) is 2.45. The molecule has 1 aromatic rings. The van der Waals surface area contributed by atoms with Crippen LogP contribution in [0.15, 0.2) is 30.3 Å². The van der Waals surface area contributed by atoms with Gasteiger partial charge in [-0.25, -0.2) is 0 Å². The predicted molar refractivity (Wildman–Crippen MR) is 85.0 cm³/mol. The molecule has 0 amide bonds. The molecule has 0 saturated heterocycles. The summed E-state index contributed by atoms with van der Waals surface area (Å²) in [5.41, 5.74) is 0.817. The van der Waals surface area contributed by atoms with Crippen molar-refractivity contribution in [2.24, 2.45) is 5.41 Å². The third-order valence-corrected chi connectivity index (χ3v) is 3.14. The lowest BCUT2D eigenvalue weighted by Gasteiger charge is -2.16. The summed E-state index contributed by atoms with van der Waals surface area (Å²) in [4.78, 5) is 11.5. The summed E-state index contributed by atoms with van der Waals surface area (Å²) in [6, 6.07) is 10.2. The van der Waals surface area contributed by atoms with Gasteiger partial charge in [0.1, 0.15) is 0 Å². The third-order valence-electron chi connectivity index (χ3n) is 3.14. The molecular formula is C18H28O3. The molecule has 0 N–H and O–H groups in total. The molecule has 0 saturated carbocycles. The Morgan fingerprint density at radius 3 is 2.19 bits per heavy atom. The van der Waals surface area contributed by atoms with E-state index >= 15 is 0 Å². The number of benzene rings is 1. The minimum Gasteiger partial charge on any atom is -0.465 e. The summed E-state index contributed by atoms with van der Waals surface area (Å²) in [7, 11) is 0. The van der Waals surface area contributed by atoms with Crippen molar-refractivity contribution < 1.29 is 14.3 Å². The van der Waals surface area contributed by atoms with Crippen LogP contribution in [-0.2, 0) is 20.9 Å². The summed E-state index contributed by atoms with van der Waals surface area (Å²) in [5, 5.41) is 0. The Hall–Kier alpha value is -1.35. The van der Waals surface area contributed by atoms with Gasteiger partial charge in [-0.3, -0.25) is 4.79 Å². The molecule has 118 valence electrons. The van der Waals surface area contributed by atoms with Gasteiger partial charge in [0.25, 0.3) is 0 Å². The first-order valence-electron chi connectivity index (χ1n) is 7.79. The van der Waals surface area contributed by atoms with Crippen molar-refractivity contribution in [3.63, 3.8) is 0 Å². The summed E-state index contributed by atoms with van der Waals surface area (Å²) in [6.07, 6.45) is 4.18. The van der Waals surface area contributed by atoms with Crippen LogP contribution >= 0.6 is 0 Å². The first kappa shape index (κ1) is 17.7. The van der Waals surface area contributed by atoms with Crippen LogP contribution in [0.1, 0.15) is 52.0 Å². The van der Waals surface area contributed by atoms with Crippen molar-refractivity contribution in [2.75, 3.05) is 13.2 Å². The largest absolute Gasteiger partial charge is 0.465 e. The molecule has 0 unspecified atom stereocenters. The van der Waals surface area contributed by atoms with Gasteiger partial charge in [0.2, 0.25) is 0 Å². The number of hydrogen-bond acceptors (Lipinski definition) is 3. The summed E-state index contributed by atoms with van der Waals surface area (Å²) in [5.74, 6) is -0.117. The summed E-state index contributed by atoms with van der Waals surface area (Å²) >= 11 is 0. The van der Waals surface area contributed by atoms with E-state index < -0.39 is 5.41 Å². The topological polar surface area (TPSA) is 35.5 Å². The minimum absolute atomic E-state index is 0.117. The Morgan fingerprint density at radius 2 is 1.57 bits per heavy atom. The number of carbonyl (C=O) groups is 1. The van der Waals surface area contributed by atoms with Gasteiger partial charge in [0.05, 0.1) is 18.6 Å². The number of carbonyl (C=O) groups excluding carboxylic acids is 1. The van der Waals surface area contributed by atoms with Crippen LogP contribution in [0.25, 0.3) is 0 Å². The van der Waals surface area contributed by atoms with E-state index in [1.165, 1.54) is 5.56 Å². The van der Waals surface area contributed by atoms with Gasteiger partial charge in [0.15, 0.2) is 0 Å². The van der Waals surface area contributed by atoms with Crippen molar-refractivity contribution in [3.8, 4) is 0 Å². The second-order valence-electron chi connectivity index (χ2n) is 6.34. The lowest BCUT2D eigenvalue weighted by atomic mass is 9.97. The van der Waals surface area contributed by atoms with Crippen molar-refractivity contribution >= 4 is 5.97 Å². The maximum absolute atomic E-state index is 11.5. The zero-order chi connectivity index (χ0) is 15.6. The highest BCUT2D eigenvalue weighted by Gasteiger charge is 2.22. The lowest BCUT2D eigenvalue weighted by molar-refractivity contribution is -0.153. The van der Waals surface area contributed by atoms with Gasteiger partial charge in [0, 0.05) is 6.61 Å². The van der Waals surface area contributed by atoms with E-state index in [0.29, 0.717) is 13.2 Å². The first-order chi connectivity index (χ1) is 10.00. The fourth-order valence-electron chi connectivity index (χ4n) is 1.81. The molecule has 0 aliphatic rings. The quantitative estimate of drug-likeness (QED) is 0.501. The molecule has 0 aliphatic carbocycles. The number of hydrogen-bond donors (Lipinski definition) is 0. The number of unbranched alkanes of at least 4 members (excludes halogenated alkanes) is 3. The van der Waals surface area contributed by atoms with Gasteiger partial charge in [-0.05, 0) is 45.6 Å². The molecule has 0 radical (unpaired) electrons. The minimum atomic E-state index is -0.398. The second-order valence-corrected chi connectivity index (χ2v) is 6.34. The van der Waals surface area contributed by atoms with Crippen LogP contribution in [0.5, 0.6) is 0 Å². The van der Waals surface area contributed by atoms with Crippen molar-refractivity contribution in [1.82, 2.24) is 0 Å². The number of esters is 1. The Labute approximate surface area is 128 Å². The monoisotopic (exact) mass is 292 g/mol. The van der Waals surface area contributed by atoms with E-state index in [9.17, 15) is 4.79 Å². The highest BCUT2D eigenvalue weighted by atomic mass is 16.5.